The number of benzene rings is 1. The molecule has 0 amide bonds. The Morgan fingerprint density at radius 2 is 1.44 bits per heavy atom. The van der Waals surface area contributed by atoms with E-state index in [1.807, 2.05) is 6.92 Å². The number of thiophene rings is 1. The summed E-state index contributed by atoms with van der Waals surface area (Å²) in [6, 6.07) is 9.99. The van der Waals surface area contributed by atoms with Gasteiger partial charge < -0.3 is 0 Å². The van der Waals surface area contributed by atoms with Gasteiger partial charge in [0.1, 0.15) is 4.21 Å². The van der Waals surface area contributed by atoms with E-state index in [0.717, 1.165) is 4.88 Å². The first-order valence-corrected chi connectivity index (χ1v) is 12.0. The van der Waals surface area contributed by atoms with Crippen molar-refractivity contribution in [3.63, 3.8) is 0 Å². The Morgan fingerprint density at radius 1 is 0.880 bits per heavy atom. The van der Waals surface area contributed by atoms with Crippen molar-refractivity contribution in [2.24, 2.45) is 0 Å². The smallest absolute Gasteiger partial charge is 0.207 e. The first kappa shape index (κ1) is 19.0. The predicted molar refractivity (Wildman–Crippen MR) is 101 cm³/mol. The van der Waals surface area contributed by atoms with Crippen LogP contribution in [0.25, 0.3) is 0 Å². The summed E-state index contributed by atoms with van der Waals surface area (Å²) in [4.78, 5) is 1.12. The molecular weight excluding hydrogens is 448 g/mol. The van der Waals surface area contributed by atoms with Gasteiger partial charge in [-0.25, -0.2) is 16.8 Å². The summed E-state index contributed by atoms with van der Waals surface area (Å²) in [6.07, 6.45) is 0. The van der Waals surface area contributed by atoms with E-state index in [9.17, 15) is 16.8 Å². The normalized spacial score (nSPS) is 17.7. The second-order valence-electron chi connectivity index (χ2n) is 5.60. The van der Waals surface area contributed by atoms with E-state index < -0.39 is 20.0 Å². The lowest BCUT2D eigenvalue weighted by molar-refractivity contribution is 0.273. The number of hydrogen-bond acceptors (Lipinski definition) is 5. The maximum atomic E-state index is 12.8. The first-order chi connectivity index (χ1) is 11.7. The van der Waals surface area contributed by atoms with E-state index in [2.05, 4.69) is 15.9 Å². The number of nitrogens with zero attached hydrogens (tertiary/aromatic N) is 2. The van der Waals surface area contributed by atoms with Crippen molar-refractivity contribution in [3.05, 3.63) is 45.7 Å². The Bertz CT molecular complexity index is 978. The molecule has 0 saturated carbocycles. The van der Waals surface area contributed by atoms with E-state index >= 15 is 0 Å². The van der Waals surface area contributed by atoms with Crippen LogP contribution in [0.5, 0.6) is 0 Å². The quantitative estimate of drug-likeness (QED) is 0.696. The number of aryl methyl sites for hydroxylation is 1. The van der Waals surface area contributed by atoms with Crippen LogP contribution in [-0.4, -0.2) is 51.6 Å². The van der Waals surface area contributed by atoms with Crippen LogP contribution < -0.4 is 0 Å². The summed E-state index contributed by atoms with van der Waals surface area (Å²) in [5, 5.41) is 0. The van der Waals surface area contributed by atoms with Crippen LogP contribution in [0.3, 0.4) is 0 Å². The van der Waals surface area contributed by atoms with Crippen molar-refractivity contribution in [3.8, 4) is 0 Å². The van der Waals surface area contributed by atoms with E-state index in [0.29, 0.717) is 8.68 Å². The minimum atomic E-state index is -3.65. The van der Waals surface area contributed by atoms with Gasteiger partial charge in [0.15, 0.2) is 0 Å². The van der Waals surface area contributed by atoms with Crippen LogP contribution in [0.1, 0.15) is 4.88 Å². The average molecular weight is 465 g/mol. The average Bonchev–Trinajstić information content (AvgIpc) is 3.02. The Hall–Kier alpha value is -0.780. The molecule has 1 aromatic heterocycles. The predicted octanol–water partition coefficient (Wildman–Crippen LogP) is 2.51. The largest absolute Gasteiger partial charge is 0.252 e. The van der Waals surface area contributed by atoms with Crippen molar-refractivity contribution < 1.29 is 16.8 Å². The molecule has 0 bridgehead atoms. The molecule has 1 aliphatic rings. The molecule has 3 rings (SSSR count). The van der Waals surface area contributed by atoms with Crippen LogP contribution in [0.2, 0.25) is 0 Å². The summed E-state index contributed by atoms with van der Waals surface area (Å²) >= 11 is 4.49. The zero-order chi connectivity index (χ0) is 18.2. The summed E-state index contributed by atoms with van der Waals surface area (Å²) in [5.74, 6) is 0. The van der Waals surface area contributed by atoms with Crippen LogP contribution in [0, 0.1) is 6.92 Å². The van der Waals surface area contributed by atoms with Crippen molar-refractivity contribution in [2.75, 3.05) is 26.2 Å². The summed E-state index contributed by atoms with van der Waals surface area (Å²) in [5.41, 5.74) is 0. The molecule has 136 valence electrons. The van der Waals surface area contributed by atoms with Gasteiger partial charge in [-0.05, 0) is 47.1 Å². The molecule has 1 aromatic carbocycles. The third kappa shape index (κ3) is 3.69. The molecule has 0 radical (unpaired) electrons. The molecule has 0 aliphatic carbocycles. The molecule has 2 heterocycles. The molecule has 0 atom stereocenters. The number of halogens is 1. The van der Waals surface area contributed by atoms with Gasteiger partial charge in [0.05, 0.1) is 4.90 Å². The zero-order valence-electron chi connectivity index (χ0n) is 13.4. The number of hydrogen-bond donors (Lipinski definition) is 0. The maximum absolute atomic E-state index is 12.8. The standard InChI is InChI=1S/C15H17BrN2O4S3/c1-12-6-7-15(23-12)25(21,22)18-10-8-17(9-11-18)24(19,20)14-5-3-2-4-13(14)16/h2-7H,8-11H2,1H3. The monoisotopic (exact) mass is 464 g/mol. The Labute approximate surface area is 160 Å². The molecule has 25 heavy (non-hydrogen) atoms. The topological polar surface area (TPSA) is 74.8 Å². The van der Waals surface area contributed by atoms with Crippen LogP contribution in [0.4, 0.5) is 0 Å². The highest BCUT2D eigenvalue weighted by Crippen LogP contribution is 2.28. The Kier molecular flexibility index (Phi) is 5.38. The lowest BCUT2D eigenvalue weighted by Gasteiger charge is -2.33. The lowest BCUT2D eigenvalue weighted by atomic mass is 10.4. The minimum absolute atomic E-state index is 0.132. The molecule has 10 heteroatoms. The van der Waals surface area contributed by atoms with Gasteiger partial charge in [-0.2, -0.15) is 8.61 Å². The fraction of sp³-hybridized carbons (Fsp3) is 0.333. The molecule has 1 aliphatic heterocycles. The Morgan fingerprint density at radius 3 is 1.96 bits per heavy atom. The highest BCUT2D eigenvalue weighted by Gasteiger charge is 2.34. The van der Waals surface area contributed by atoms with E-state index in [4.69, 9.17) is 0 Å². The van der Waals surface area contributed by atoms with Crippen LogP contribution in [0.15, 0.2) is 50.0 Å². The fourth-order valence-corrected chi connectivity index (χ4v) is 7.87. The summed E-state index contributed by atoms with van der Waals surface area (Å²) in [6.45, 7) is 2.40. The molecule has 0 spiro atoms. The second kappa shape index (κ2) is 7.09. The van der Waals surface area contributed by atoms with E-state index in [-0.39, 0.29) is 31.1 Å². The summed E-state index contributed by atoms with van der Waals surface area (Å²) in [7, 11) is -7.22. The van der Waals surface area contributed by atoms with Gasteiger partial charge in [0.25, 0.3) is 10.0 Å². The highest BCUT2D eigenvalue weighted by atomic mass is 79.9. The fourth-order valence-electron chi connectivity index (χ4n) is 2.62. The molecular formula is C15H17BrN2O4S3. The minimum Gasteiger partial charge on any atom is -0.207 e. The lowest BCUT2D eigenvalue weighted by Crippen LogP contribution is -2.50. The number of sulfonamides is 2. The van der Waals surface area contributed by atoms with Gasteiger partial charge in [-0.15, -0.1) is 11.3 Å². The van der Waals surface area contributed by atoms with Gasteiger partial charge in [0.2, 0.25) is 10.0 Å². The van der Waals surface area contributed by atoms with Crippen molar-refractivity contribution in [1.82, 2.24) is 8.61 Å². The SMILES string of the molecule is Cc1ccc(S(=O)(=O)N2CCN(S(=O)(=O)c3ccccc3Br)CC2)s1. The van der Waals surface area contributed by atoms with Gasteiger partial charge in [-0.3, -0.25) is 0 Å². The van der Waals surface area contributed by atoms with Crippen molar-refractivity contribution in [2.45, 2.75) is 16.0 Å². The van der Waals surface area contributed by atoms with Gasteiger partial charge in [-0.1, -0.05) is 12.1 Å². The molecule has 1 saturated heterocycles. The summed E-state index contributed by atoms with van der Waals surface area (Å²) < 4.78 is 54.3. The molecule has 0 N–H and O–H groups in total. The third-order valence-electron chi connectivity index (χ3n) is 3.96. The van der Waals surface area contributed by atoms with E-state index in [1.165, 1.54) is 26.0 Å². The second-order valence-corrected chi connectivity index (χ2v) is 11.8. The molecule has 1 fully saturated rings. The zero-order valence-corrected chi connectivity index (χ0v) is 17.5. The number of piperazine rings is 1. The third-order valence-corrected chi connectivity index (χ3v) is 10.2. The van der Waals surface area contributed by atoms with Crippen molar-refractivity contribution >= 4 is 47.3 Å². The Balaban J connectivity index is 1.77. The van der Waals surface area contributed by atoms with Gasteiger partial charge >= 0.3 is 0 Å². The first-order valence-electron chi connectivity index (χ1n) is 7.54. The maximum Gasteiger partial charge on any atom is 0.252 e. The molecule has 2 aromatic rings. The number of rotatable bonds is 4. The van der Waals surface area contributed by atoms with Crippen LogP contribution in [-0.2, 0) is 20.0 Å². The highest BCUT2D eigenvalue weighted by molar-refractivity contribution is 9.10. The van der Waals surface area contributed by atoms with Crippen molar-refractivity contribution in [1.29, 1.82) is 0 Å². The molecule has 6 nitrogen and oxygen atoms in total. The molecule has 0 unspecified atom stereocenters. The van der Waals surface area contributed by atoms with E-state index in [1.54, 1.807) is 30.3 Å². The van der Waals surface area contributed by atoms with Crippen LogP contribution >= 0.6 is 27.3 Å². The van der Waals surface area contributed by atoms with Gasteiger partial charge in [0, 0.05) is 35.5 Å².